The predicted molar refractivity (Wildman–Crippen MR) is 120 cm³/mol. The second kappa shape index (κ2) is 7.59. The van der Waals surface area contributed by atoms with Crippen LogP contribution >= 0.6 is 0 Å². The van der Waals surface area contributed by atoms with E-state index in [0.717, 1.165) is 17.7 Å². The highest BCUT2D eigenvalue weighted by Gasteiger charge is 2.21. The zero-order valence-corrected chi connectivity index (χ0v) is 16.8. The van der Waals surface area contributed by atoms with E-state index in [1.54, 1.807) is 12.1 Å². The molecule has 3 heteroatoms. The average Bonchev–Trinajstić information content (AvgIpc) is 2.71. The maximum atomic E-state index is 11.0. The van der Waals surface area contributed by atoms with Crippen molar-refractivity contribution in [3.8, 4) is 0 Å². The van der Waals surface area contributed by atoms with Gasteiger partial charge in [-0.2, -0.15) is 0 Å². The summed E-state index contributed by atoms with van der Waals surface area (Å²) >= 11 is 0. The maximum absolute atomic E-state index is 11.0. The number of hydrogen-bond donors (Lipinski definition) is 2. The van der Waals surface area contributed by atoms with Crippen LogP contribution in [0.1, 0.15) is 41.8 Å². The van der Waals surface area contributed by atoms with E-state index in [1.807, 2.05) is 12.1 Å². The van der Waals surface area contributed by atoms with Crippen LogP contribution in [0.5, 0.6) is 0 Å². The summed E-state index contributed by atoms with van der Waals surface area (Å²) in [6, 6.07) is 19.8. The first-order chi connectivity index (χ1) is 13.9. The number of aromatic carboxylic acids is 1. The first-order valence-electron chi connectivity index (χ1n) is 9.90. The van der Waals surface area contributed by atoms with Gasteiger partial charge in [0.2, 0.25) is 0 Å². The van der Waals surface area contributed by atoms with E-state index in [1.165, 1.54) is 21.9 Å². The van der Waals surface area contributed by atoms with Crippen molar-refractivity contribution in [1.82, 2.24) is 0 Å². The lowest BCUT2D eigenvalue weighted by molar-refractivity contribution is 0.0697. The minimum absolute atomic E-state index is 0.153. The molecule has 0 unspecified atom stereocenters. The summed E-state index contributed by atoms with van der Waals surface area (Å²) in [5.74, 6) is -0.902. The summed E-state index contributed by atoms with van der Waals surface area (Å²) in [6.45, 7) is 5.17. The second-order valence-corrected chi connectivity index (χ2v) is 8.28. The molecule has 1 aliphatic rings. The molecule has 3 nitrogen and oxygen atoms in total. The van der Waals surface area contributed by atoms with Gasteiger partial charge in [0.1, 0.15) is 0 Å². The van der Waals surface area contributed by atoms with Crippen molar-refractivity contribution >= 4 is 28.0 Å². The topological polar surface area (TPSA) is 49.3 Å². The molecule has 0 aliphatic heterocycles. The molecule has 3 aromatic carbocycles. The molecule has 146 valence electrons. The molecule has 0 radical (unpaired) electrons. The fraction of sp³-hybridized carbons (Fsp3) is 0.192. The van der Waals surface area contributed by atoms with Crippen molar-refractivity contribution in [3.05, 3.63) is 95.6 Å². The minimum atomic E-state index is -0.902. The largest absolute Gasteiger partial charge is 0.478 e. The molecule has 0 saturated heterocycles. The third-order valence-corrected chi connectivity index (χ3v) is 5.43. The van der Waals surface area contributed by atoms with Crippen LogP contribution in [0, 0.1) is 5.41 Å². The smallest absolute Gasteiger partial charge is 0.335 e. The molecule has 0 fully saturated rings. The van der Waals surface area contributed by atoms with Crippen LogP contribution in [0.2, 0.25) is 0 Å². The molecule has 0 amide bonds. The molecule has 3 aromatic rings. The Morgan fingerprint density at radius 2 is 1.76 bits per heavy atom. The molecule has 0 atom stereocenters. The molecular weight excluding hydrogens is 358 g/mol. The summed E-state index contributed by atoms with van der Waals surface area (Å²) in [4.78, 5) is 11.0. The van der Waals surface area contributed by atoms with Gasteiger partial charge in [-0.05, 0) is 52.1 Å². The molecule has 4 rings (SSSR count). The Kier molecular flexibility index (Phi) is 4.98. The lowest BCUT2D eigenvalue weighted by Gasteiger charge is -2.26. The van der Waals surface area contributed by atoms with Crippen LogP contribution in [-0.2, 0) is 6.54 Å². The number of carboxylic acid groups (broad SMARTS) is 1. The van der Waals surface area contributed by atoms with Gasteiger partial charge in [-0.1, -0.05) is 74.5 Å². The van der Waals surface area contributed by atoms with E-state index in [9.17, 15) is 4.79 Å². The van der Waals surface area contributed by atoms with Gasteiger partial charge < -0.3 is 10.4 Å². The Labute approximate surface area is 171 Å². The highest BCUT2D eigenvalue weighted by molar-refractivity contribution is 6.02. The van der Waals surface area contributed by atoms with Crippen molar-refractivity contribution in [2.45, 2.75) is 26.8 Å². The van der Waals surface area contributed by atoms with Crippen LogP contribution in [0.3, 0.4) is 0 Å². The van der Waals surface area contributed by atoms with Crippen molar-refractivity contribution in [1.29, 1.82) is 0 Å². The summed E-state index contributed by atoms with van der Waals surface area (Å²) < 4.78 is 0. The number of benzene rings is 3. The van der Waals surface area contributed by atoms with Gasteiger partial charge in [0, 0.05) is 17.6 Å². The number of carbonyl (C=O) groups is 1. The predicted octanol–water partition coefficient (Wildman–Crippen LogP) is 6.52. The van der Waals surface area contributed by atoms with E-state index in [0.29, 0.717) is 12.1 Å². The van der Waals surface area contributed by atoms with Gasteiger partial charge in [-0.3, -0.25) is 0 Å². The van der Waals surface area contributed by atoms with Crippen molar-refractivity contribution in [2.24, 2.45) is 5.41 Å². The van der Waals surface area contributed by atoms with Gasteiger partial charge in [-0.25, -0.2) is 4.79 Å². The standard InChI is InChI=1S/C26H25NO2/c1-26(2)15-5-8-21(16-26)22-9-3-6-19-7-4-10-23(24(19)22)27-17-18-11-13-20(14-12-18)25(28)29/h3-15,27H,16-17H2,1-2H3,(H,28,29). The third kappa shape index (κ3) is 4.09. The Morgan fingerprint density at radius 1 is 1.03 bits per heavy atom. The molecule has 0 heterocycles. The number of carboxylic acids is 1. The number of anilines is 1. The van der Waals surface area contributed by atoms with E-state index in [-0.39, 0.29) is 5.41 Å². The molecule has 0 spiro atoms. The molecule has 0 bridgehead atoms. The van der Waals surface area contributed by atoms with E-state index >= 15 is 0 Å². The van der Waals surface area contributed by atoms with E-state index < -0.39 is 5.97 Å². The zero-order chi connectivity index (χ0) is 20.4. The first-order valence-corrected chi connectivity index (χ1v) is 9.90. The Morgan fingerprint density at radius 3 is 2.45 bits per heavy atom. The normalized spacial score (nSPS) is 15.2. The lowest BCUT2D eigenvalue weighted by atomic mass is 9.79. The van der Waals surface area contributed by atoms with E-state index in [4.69, 9.17) is 5.11 Å². The van der Waals surface area contributed by atoms with Crippen LogP contribution in [0.4, 0.5) is 5.69 Å². The number of allylic oxidation sites excluding steroid dienone is 4. The SMILES string of the molecule is CC1(C)C=CC=C(c2cccc3cccc(NCc4ccc(C(=O)O)cc4)c23)C1. The second-order valence-electron chi connectivity index (χ2n) is 8.28. The zero-order valence-electron chi connectivity index (χ0n) is 16.8. The Bertz CT molecular complexity index is 1120. The van der Waals surface area contributed by atoms with Crippen molar-refractivity contribution < 1.29 is 9.90 Å². The summed E-state index contributed by atoms with van der Waals surface area (Å²) in [5.41, 5.74) is 5.22. The molecule has 2 N–H and O–H groups in total. The van der Waals surface area contributed by atoms with Gasteiger partial charge in [-0.15, -0.1) is 0 Å². The monoisotopic (exact) mass is 383 g/mol. The molecule has 1 aliphatic carbocycles. The third-order valence-electron chi connectivity index (χ3n) is 5.43. The van der Waals surface area contributed by atoms with Gasteiger partial charge in [0.05, 0.1) is 5.56 Å². The van der Waals surface area contributed by atoms with Gasteiger partial charge in [0.15, 0.2) is 0 Å². The average molecular weight is 383 g/mol. The highest BCUT2D eigenvalue weighted by Crippen LogP contribution is 2.39. The minimum Gasteiger partial charge on any atom is -0.478 e. The van der Waals surface area contributed by atoms with Gasteiger partial charge in [0.25, 0.3) is 0 Å². The quantitative estimate of drug-likeness (QED) is 0.527. The van der Waals surface area contributed by atoms with Crippen LogP contribution in [0.25, 0.3) is 16.3 Å². The van der Waals surface area contributed by atoms with Crippen molar-refractivity contribution in [2.75, 3.05) is 5.32 Å². The highest BCUT2D eigenvalue weighted by atomic mass is 16.4. The van der Waals surface area contributed by atoms with E-state index in [2.05, 4.69) is 73.8 Å². The number of hydrogen-bond acceptors (Lipinski definition) is 2. The Hall–Kier alpha value is -3.33. The van der Waals surface area contributed by atoms with Crippen LogP contribution in [0.15, 0.2) is 78.9 Å². The van der Waals surface area contributed by atoms with Gasteiger partial charge >= 0.3 is 5.97 Å². The van der Waals surface area contributed by atoms with Crippen molar-refractivity contribution in [3.63, 3.8) is 0 Å². The first kappa shape index (κ1) is 19.0. The molecule has 0 saturated carbocycles. The fourth-order valence-corrected chi connectivity index (χ4v) is 3.94. The summed E-state index contributed by atoms with van der Waals surface area (Å²) in [6.07, 6.45) is 7.66. The number of nitrogens with one attached hydrogen (secondary N) is 1. The number of fused-ring (bicyclic) bond motifs is 1. The number of rotatable bonds is 5. The molecule has 29 heavy (non-hydrogen) atoms. The fourth-order valence-electron chi connectivity index (χ4n) is 3.94. The maximum Gasteiger partial charge on any atom is 0.335 e. The van der Waals surface area contributed by atoms with Crippen LogP contribution < -0.4 is 5.32 Å². The summed E-state index contributed by atoms with van der Waals surface area (Å²) in [5, 5.41) is 15.1. The lowest BCUT2D eigenvalue weighted by Crippen LogP contribution is -2.11. The van der Waals surface area contributed by atoms with Crippen LogP contribution in [-0.4, -0.2) is 11.1 Å². The summed E-state index contributed by atoms with van der Waals surface area (Å²) in [7, 11) is 0. The Balaban J connectivity index is 1.67. The molecular formula is C26H25NO2. The molecule has 0 aromatic heterocycles.